The lowest BCUT2D eigenvalue weighted by atomic mass is 10.1. The van der Waals surface area contributed by atoms with Crippen LogP contribution in [-0.4, -0.2) is 43.1 Å². The number of ether oxygens (including phenoxy) is 1. The van der Waals surface area contributed by atoms with Crippen LogP contribution < -0.4 is 15.8 Å². The first-order chi connectivity index (χ1) is 13.6. The van der Waals surface area contributed by atoms with Crippen molar-refractivity contribution >= 4 is 49.7 Å². The number of nitrogens with one attached hydrogen (secondary N) is 2. The highest BCUT2D eigenvalue weighted by atomic mass is 32.1. The summed E-state index contributed by atoms with van der Waals surface area (Å²) in [6.45, 7) is 4.92. The Morgan fingerprint density at radius 2 is 2.00 bits per heavy atom. The molecule has 0 unspecified atom stereocenters. The summed E-state index contributed by atoms with van der Waals surface area (Å²) in [7, 11) is 0. The smallest absolute Gasteiger partial charge is 0.280 e. The van der Waals surface area contributed by atoms with Crippen LogP contribution in [0.5, 0.6) is 0 Å². The number of thiophene rings is 1. The summed E-state index contributed by atoms with van der Waals surface area (Å²) in [5, 5.41) is 3.83. The van der Waals surface area contributed by atoms with Crippen LogP contribution >= 0.6 is 22.7 Å². The van der Waals surface area contributed by atoms with Crippen molar-refractivity contribution in [3.05, 3.63) is 45.8 Å². The fourth-order valence-corrected chi connectivity index (χ4v) is 5.04. The Kier molecular flexibility index (Phi) is 5.56. The van der Waals surface area contributed by atoms with Crippen molar-refractivity contribution in [2.24, 2.45) is 0 Å². The zero-order valence-electron chi connectivity index (χ0n) is 15.4. The maximum Gasteiger partial charge on any atom is 0.280 e. The summed E-state index contributed by atoms with van der Waals surface area (Å²) >= 11 is 2.93. The molecule has 0 spiro atoms. The lowest BCUT2D eigenvalue weighted by Gasteiger charge is -2.26. The summed E-state index contributed by atoms with van der Waals surface area (Å²) in [6, 6.07) is 7.87. The predicted octanol–water partition coefficient (Wildman–Crippen LogP) is 2.51. The molecule has 1 fully saturated rings. The molecule has 1 saturated heterocycles. The summed E-state index contributed by atoms with van der Waals surface area (Å²) in [5.74, 6) is -0.606. The van der Waals surface area contributed by atoms with Gasteiger partial charge in [0.15, 0.2) is 5.13 Å². The highest BCUT2D eigenvalue weighted by molar-refractivity contribution is 7.21. The molecule has 9 heteroatoms. The molecule has 0 aliphatic carbocycles. The Balaban J connectivity index is 1.33. The number of carbonyl (C=O) groups excluding carboxylic acids is 2. The van der Waals surface area contributed by atoms with Crippen LogP contribution in [0.1, 0.15) is 20.9 Å². The summed E-state index contributed by atoms with van der Waals surface area (Å²) in [6.07, 6.45) is 0.118. The number of aromatic nitrogens is 1. The van der Waals surface area contributed by atoms with Crippen molar-refractivity contribution in [2.45, 2.75) is 13.3 Å². The molecular weight excluding hydrogens is 396 g/mol. The minimum Gasteiger partial charge on any atom is -0.378 e. The van der Waals surface area contributed by atoms with Crippen LogP contribution in [0.25, 0.3) is 10.1 Å². The van der Waals surface area contributed by atoms with Gasteiger partial charge in [-0.15, -0.1) is 22.7 Å². The van der Waals surface area contributed by atoms with Crippen molar-refractivity contribution in [2.75, 3.05) is 31.2 Å². The number of anilines is 1. The van der Waals surface area contributed by atoms with Gasteiger partial charge in [-0.25, -0.2) is 4.98 Å². The number of carbonyl (C=O) groups is 2. The van der Waals surface area contributed by atoms with Gasteiger partial charge in [-0.3, -0.25) is 20.4 Å². The van der Waals surface area contributed by atoms with Crippen LogP contribution in [0.3, 0.4) is 0 Å². The van der Waals surface area contributed by atoms with Gasteiger partial charge in [0.05, 0.1) is 30.2 Å². The second-order valence-corrected chi connectivity index (χ2v) is 8.34. The number of benzene rings is 1. The first-order valence-corrected chi connectivity index (χ1v) is 10.7. The number of morpholine rings is 1. The van der Waals surface area contributed by atoms with Gasteiger partial charge in [0, 0.05) is 23.2 Å². The molecule has 2 amide bonds. The minimum atomic E-state index is -0.306. The van der Waals surface area contributed by atoms with E-state index in [4.69, 9.17) is 4.74 Å². The number of thiazole rings is 1. The van der Waals surface area contributed by atoms with E-state index in [1.165, 1.54) is 22.7 Å². The fraction of sp³-hybridized carbons (Fsp3) is 0.316. The maximum atomic E-state index is 12.5. The first-order valence-electron chi connectivity index (χ1n) is 8.96. The average Bonchev–Trinajstić information content (AvgIpc) is 3.32. The molecule has 1 aliphatic rings. The SMILES string of the molecule is Cc1c(C(=O)NNC(=O)Cc2csc(N3CCOCC3)n2)sc2ccccc12. The van der Waals surface area contributed by atoms with Gasteiger partial charge in [-0.2, -0.15) is 0 Å². The van der Waals surface area contributed by atoms with Crippen LogP contribution in [0, 0.1) is 6.92 Å². The molecule has 2 N–H and O–H groups in total. The van der Waals surface area contributed by atoms with Crippen LogP contribution in [0.2, 0.25) is 0 Å². The molecule has 3 heterocycles. The fourth-order valence-electron chi connectivity index (χ4n) is 3.06. The molecule has 2 aromatic heterocycles. The van der Waals surface area contributed by atoms with E-state index >= 15 is 0 Å². The summed E-state index contributed by atoms with van der Waals surface area (Å²) in [5.41, 5.74) is 6.61. The van der Waals surface area contributed by atoms with E-state index in [1.54, 1.807) is 0 Å². The standard InChI is InChI=1S/C19H20N4O3S2/c1-12-14-4-2-3-5-15(14)28-17(12)18(25)22-21-16(24)10-13-11-27-19(20-13)23-6-8-26-9-7-23/h2-5,11H,6-10H2,1H3,(H,21,24)(H,22,25). The Morgan fingerprint density at radius 3 is 2.79 bits per heavy atom. The van der Waals surface area contributed by atoms with E-state index in [2.05, 4.69) is 20.7 Å². The quantitative estimate of drug-likeness (QED) is 0.639. The van der Waals surface area contributed by atoms with Crippen molar-refractivity contribution < 1.29 is 14.3 Å². The van der Waals surface area contributed by atoms with E-state index in [0.717, 1.165) is 33.9 Å². The monoisotopic (exact) mass is 416 g/mol. The normalized spacial score (nSPS) is 14.2. The number of hydrogen-bond acceptors (Lipinski definition) is 7. The zero-order valence-corrected chi connectivity index (χ0v) is 17.0. The third-order valence-electron chi connectivity index (χ3n) is 4.53. The van der Waals surface area contributed by atoms with Gasteiger partial charge in [0.25, 0.3) is 5.91 Å². The first kappa shape index (κ1) is 18.9. The minimum absolute atomic E-state index is 0.118. The second kappa shape index (κ2) is 8.26. The number of nitrogens with zero attached hydrogens (tertiary/aromatic N) is 2. The Labute approximate surface area is 170 Å². The highest BCUT2D eigenvalue weighted by Crippen LogP contribution is 2.30. The van der Waals surface area contributed by atoms with E-state index in [9.17, 15) is 9.59 Å². The highest BCUT2D eigenvalue weighted by Gasteiger charge is 2.18. The molecular formula is C19H20N4O3S2. The molecule has 0 radical (unpaired) electrons. The molecule has 146 valence electrons. The zero-order chi connectivity index (χ0) is 19.5. The number of fused-ring (bicyclic) bond motifs is 1. The van der Waals surface area contributed by atoms with E-state index in [1.807, 2.05) is 36.6 Å². The predicted molar refractivity (Wildman–Crippen MR) is 111 cm³/mol. The molecule has 3 aromatic rings. The number of amides is 2. The van der Waals surface area contributed by atoms with Gasteiger partial charge < -0.3 is 9.64 Å². The molecule has 0 atom stereocenters. The van der Waals surface area contributed by atoms with Gasteiger partial charge in [-0.05, 0) is 23.9 Å². The van der Waals surface area contributed by atoms with Gasteiger partial charge in [-0.1, -0.05) is 18.2 Å². The van der Waals surface area contributed by atoms with Gasteiger partial charge in [0.2, 0.25) is 5.91 Å². The number of hydrazine groups is 1. The molecule has 0 bridgehead atoms. The number of hydrogen-bond donors (Lipinski definition) is 2. The van der Waals surface area contributed by atoms with E-state index < -0.39 is 0 Å². The number of aryl methyl sites for hydroxylation is 1. The van der Waals surface area contributed by atoms with Gasteiger partial charge in [0.1, 0.15) is 0 Å². The lowest BCUT2D eigenvalue weighted by Crippen LogP contribution is -2.42. The Bertz CT molecular complexity index is 1010. The lowest BCUT2D eigenvalue weighted by molar-refractivity contribution is -0.121. The Hall–Kier alpha value is -2.49. The van der Waals surface area contributed by atoms with E-state index in [-0.39, 0.29) is 18.2 Å². The van der Waals surface area contributed by atoms with Crippen LogP contribution in [0.4, 0.5) is 5.13 Å². The van der Waals surface area contributed by atoms with Gasteiger partial charge >= 0.3 is 0 Å². The molecule has 0 saturated carbocycles. The largest absolute Gasteiger partial charge is 0.378 e. The Morgan fingerprint density at radius 1 is 1.21 bits per heavy atom. The van der Waals surface area contributed by atoms with Crippen molar-refractivity contribution in [3.8, 4) is 0 Å². The van der Waals surface area contributed by atoms with Crippen molar-refractivity contribution in [1.82, 2.24) is 15.8 Å². The van der Waals surface area contributed by atoms with Crippen molar-refractivity contribution in [1.29, 1.82) is 0 Å². The van der Waals surface area contributed by atoms with E-state index in [0.29, 0.717) is 23.8 Å². The topological polar surface area (TPSA) is 83.6 Å². The second-order valence-electron chi connectivity index (χ2n) is 6.45. The van der Waals surface area contributed by atoms with Crippen LogP contribution in [0.15, 0.2) is 29.6 Å². The van der Waals surface area contributed by atoms with Crippen molar-refractivity contribution in [3.63, 3.8) is 0 Å². The molecule has 28 heavy (non-hydrogen) atoms. The number of rotatable bonds is 4. The molecule has 1 aromatic carbocycles. The molecule has 1 aliphatic heterocycles. The molecule has 7 nitrogen and oxygen atoms in total. The summed E-state index contributed by atoms with van der Waals surface area (Å²) in [4.78, 5) is 31.9. The third-order valence-corrected chi connectivity index (χ3v) is 6.75. The average molecular weight is 417 g/mol. The third kappa shape index (κ3) is 4.01. The molecule has 4 rings (SSSR count). The maximum absolute atomic E-state index is 12.5. The summed E-state index contributed by atoms with van der Waals surface area (Å²) < 4.78 is 6.39. The van der Waals surface area contributed by atoms with Crippen LogP contribution in [-0.2, 0) is 16.0 Å².